The molecule has 0 heterocycles. The molecule has 0 spiro atoms. The van der Waals surface area contributed by atoms with E-state index in [0.29, 0.717) is 24.3 Å². The van der Waals surface area contributed by atoms with Gasteiger partial charge in [-0.15, -0.1) is 0 Å². The molecule has 114 valence electrons. The summed E-state index contributed by atoms with van der Waals surface area (Å²) in [7, 11) is 0. The van der Waals surface area contributed by atoms with E-state index in [1.165, 1.54) is 0 Å². The van der Waals surface area contributed by atoms with Gasteiger partial charge in [-0.2, -0.15) is 0 Å². The zero-order chi connectivity index (χ0) is 15.4. The molecule has 0 bridgehead atoms. The van der Waals surface area contributed by atoms with E-state index < -0.39 is 5.97 Å². The number of aliphatic carboxylic acids is 1. The molecule has 1 aromatic carbocycles. The standard InChI is InChI=1S/C17H23NO3/c1-11(2)13-4-3-5-14(10-13)16(19)18-15-8-6-12(7-9-15)17(20)21/h3-5,10-12,15H,6-9H2,1-2H3,(H,18,19)(H,20,21). The molecule has 1 saturated carbocycles. The molecule has 1 fully saturated rings. The van der Waals surface area contributed by atoms with Crippen LogP contribution in [-0.4, -0.2) is 23.0 Å². The minimum absolute atomic E-state index is 0.0590. The Balaban J connectivity index is 1.93. The van der Waals surface area contributed by atoms with Crippen LogP contribution in [0.15, 0.2) is 24.3 Å². The lowest BCUT2D eigenvalue weighted by atomic mass is 9.86. The topological polar surface area (TPSA) is 66.4 Å². The highest BCUT2D eigenvalue weighted by Gasteiger charge is 2.26. The van der Waals surface area contributed by atoms with Crippen LogP contribution in [0, 0.1) is 5.92 Å². The first-order valence-electron chi connectivity index (χ1n) is 7.61. The summed E-state index contributed by atoms with van der Waals surface area (Å²) in [6.07, 6.45) is 2.78. The van der Waals surface area contributed by atoms with Gasteiger partial charge in [-0.05, 0) is 49.3 Å². The van der Waals surface area contributed by atoms with Gasteiger partial charge in [0.05, 0.1) is 5.92 Å². The van der Waals surface area contributed by atoms with E-state index in [9.17, 15) is 9.59 Å². The van der Waals surface area contributed by atoms with E-state index >= 15 is 0 Å². The van der Waals surface area contributed by atoms with Gasteiger partial charge in [0.25, 0.3) is 5.91 Å². The molecule has 0 unspecified atom stereocenters. The molecular formula is C17H23NO3. The Morgan fingerprint density at radius 1 is 1.19 bits per heavy atom. The van der Waals surface area contributed by atoms with Crippen LogP contribution >= 0.6 is 0 Å². The fourth-order valence-electron chi connectivity index (χ4n) is 2.79. The van der Waals surface area contributed by atoms with Crippen LogP contribution in [0.4, 0.5) is 0 Å². The second-order valence-corrected chi connectivity index (χ2v) is 6.14. The largest absolute Gasteiger partial charge is 0.481 e. The maximum absolute atomic E-state index is 12.3. The van der Waals surface area contributed by atoms with Crippen LogP contribution in [0.25, 0.3) is 0 Å². The number of carboxylic acids is 1. The van der Waals surface area contributed by atoms with Crippen molar-refractivity contribution < 1.29 is 14.7 Å². The number of benzene rings is 1. The van der Waals surface area contributed by atoms with Crippen molar-refractivity contribution in [3.8, 4) is 0 Å². The van der Waals surface area contributed by atoms with E-state index in [2.05, 4.69) is 19.2 Å². The van der Waals surface area contributed by atoms with Gasteiger partial charge in [-0.3, -0.25) is 9.59 Å². The number of carboxylic acid groups (broad SMARTS) is 1. The second kappa shape index (κ2) is 6.74. The molecule has 1 aliphatic rings. The van der Waals surface area contributed by atoms with Crippen LogP contribution in [0.1, 0.15) is 61.4 Å². The predicted octanol–water partition coefficient (Wildman–Crippen LogP) is 3.18. The van der Waals surface area contributed by atoms with Crippen molar-refractivity contribution >= 4 is 11.9 Å². The smallest absolute Gasteiger partial charge is 0.306 e. The normalized spacial score (nSPS) is 22.0. The summed E-state index contributed by atoms with van der Waals surface area (Å²) in [5.41, 5.74) is 1.83. The average Bonchev–Trinajstić information content (AvgIpc) is 2.48. The highest BCUT2D eigenvalue weighted by Crippen LogP contribution is 2.24. The van der Waals surface area contributed by atoms with Gasteiger partial charge < -0.3 is 10.4 Å². The van der Waals surface area contributed by atoms with Crippen molar-refractivity contribution in [3.63, 3.8) is 0 Å². The molecule has 1 amide bonds. The first-order valence-corrected chi connectivity index (χ1v) is 7.61. The number of rotatable bonds is 4. The maximum atomic E-state index is 12.3. The lowest BCUT2D eigenvalue weighted by Crippen LogP contribution is -2.38. The fourth-order valence-corrected chi connectivity index (χ4v) is 2.79. The van der Waals surface area contributed by atoms with Gasteiger partial charge in [-0.1, -0.05) is 26.0 Å². The first kappa shape index (κ1) is 15.5. The lowest BCUT2D eigenvalue weighted by Gasteiger charge is -2.26. The van der Waals surface area contributed by atoms with Crippen molar-refractivity contribution in [2.75, 3.05) is 0 Å². The van der Waals surface area contributed by atoms with Crippen LogP contribution in [0.5, 0.6) is 0 Å². The van der Waals surface area contributed by atoms with Gasteiger partial charge in [-0.25, -0.2) is 0 Å². The van der Waals surface area contributed by atoms with E-state index in [0.717, 1.165) is 18.4 Å². The summed E-state index contributed by atoms with van der Waals surface area (Å²) in [5, 5.41) is 12.0. The van der Waals surface area contributed by atoms with Gasteiger partial charge in [0.2, 0.25) is 0 Å². The monoisotopic (exact) mass is 289 g/mol. The summed E-state index contributed by atoms with van der Waals surface area (Å²) >= 11 is 0. The minimum atomic E-state index is -0.718. The molecule has 1 aliphatic carbocycles. The first-order chi connectivity index (χ1) is 9.97. The SMILES string of the molecule is CC(C)c1cccc(C(=O)NC2CCC(C(=O)O)CC2)c1. The van der Waals surface area contributed by atoms with Crippen molar-refractivity contribution in [1.82, 2.24) is 5.32 Å². The molecule has 4 heteroatoms. The Labute approximate surface area is 125 Å². The minimum Gasteiger partial charge on any atom is -0.481 e. The number of carbonyl (C=O) groups is 2. The highest BCUT2D eigenvalue weighted by atomic mass is 16.4. The van der Waals surface area contributed by atoms with Crippen LogP contribution < -0.4 is 5.32 Å². The van der Waals surface area contributed by atoms with E-state index in [-0.39, 0.29) is 17.9 Å². The number of amides is 1. The van der Waals surface area contributed by atoms with Gasteiger partial charge in [0.15, 0.2) is 0 Å². The van der Waals surface area contributed by atoms with Crippen molar-refractivity contribution in [2.24, 2.45) is 5.92 Å². The quantitative estimate of drug-likeness (QED) is 0.894. The van der Waals surface area contributed by atoms with Gasteiger partial charge in [0, 0.05) is 11.6 Å². The number of nitrogens with one attached hydrogen (secondary N) is 1. The number of carbonyl (C=O) groups excluding carboxylic acids is 1. The molecule has 2 N–H and O–H groups in total. The Morgan fingerprint density at radius 2 is 1.86 bits per heavy atom. The summed E-state index contributed by atoms with van der Waals surface area (Å²) in [6.45, 7) is 4.20. The van der Waals surface area contributed by atoms with Crippen LogP contribution in [0.2, 0.25) is 0 Å². The number of hydrogen-bond donors (Lipinski definition) is 2. The van der Waals surface area contributed by atoms with E-state index in [1.54, 1.807) is 0 Å². The third-order valence-corrected chi connectivity index (χ3v) is 4.23. The zero-order valence-corrected chi connectivity index (χ0v) is 12.6. The third-order valence-electron chi connectivity index (χ3n) is 4.23. The summed E-state index contributed by atoms with van der Waals surface area (Å²) in [5.74, 6) is -0.633. The number of hydrogen-bond acceptors (Lipinski definition) is 2. The molecule has 0 radical (unpaired) electrons. The van der Waals surface area contributed by atoms with Crippen molar-refractivity contribution in [3.05, 3.63) is 35.4 Å². The van der Waals surface area contributed by atoms with Crippen LogP contribution in [0.3, 0.4) is 0 Å². The molecule has 0 saturated heterocycles. The van der Waals surface area contributed by atoms with Gasteiger partial charge >= 0.3 is 5.97 Å². The Morgan fingerprint density at radius 3 is 2.43 bits per heavy atom. The van der Waals surface area contributed by atoms with Crippen molar-refractivity contribution in [2.45, 2.75) is 51.5 Å². The summed E-state index contributed by atoms with van der Waals surface area (Å²) in [6, 6.07) is 7.79. The third kappa shape index (κ3) is 4.06. The molecule has 21 heavy (non-hydrogen) atoms. The average molecular weight is 289 g/mol. The Hall–Kier alpha value is -1.84. The summed E-state index contributed by atoms with van der Waals surface area (Å²) < 4.78 is 0. The highest BCUT2D eigenvalue weighted by molar-refractivity contribution is 5.94. The Kier molecular flexibility index (Phi) is 4.99. The van der Waals surface area contributed by atoms with Crippen LogP contribution in [-0.2, 0) is 4.79 Å². The van der Waals surface area contributed by atoms with Crippen molar-refractivity contribution in [1.29, 1.82) is 0 Å². The van der Waals surface area contributed by atoms with E-state index in [1.807, 2.05) is 24.3 Å². The molecule has 0 aromatic heterocycles. The van der Waals surface area contributed by atoms with E-state index in [4.69, 9.17) is 5.11 Å². The molecular weight excluding hydrogens is 266 g/mol. The fraction of sp³-hybridized carbons (Fsp3) is 0.529. The predicted molar refractivity (Wildman–Crippen MR) is 81.4 cm³/mol. The lowest BCUT2D eigenvalue weighted by molar-refractivity contribution is -0.142. The zero-order valence-electron chi connectivity index (χ0n) is 12.6. The molecule has 0 aliphatic heterocycles. The molecule has 1 aromatic rings. The Bertz CT molecular complexity index is 517. The van der Waals surface area contributed by atoms with Gasteiger partial charge in [0.1, 0.15) is 0 Å². The summed E-state index contributed by atoms with van der Waals surface area (Å²) in [4.78, 5) is 23.2. The molecule has 0 atom stereocenters. The molecule has 4 nitrogen and oxygen atoms in total. The maximum Gasteiger partial charge on any atom is 0.306 e. The molecule has 2 rings (SSSR count). The second-order valence-electron chi connectivity index (χ2n) is 6.14.